The van der Waals surface area contributed by atoms with Gasteiger partial charge < -0.3 is 9.88 Å². The molecule has 1 aromatic heterocycles. The van der Waals surface area contributed by atoms with Gasteiger partial charge in [0.1, 0.15) is 5.37 Å². The first-order valence-electron chi connectivity index (χ1n) is 6.76. The van der Waals surface area contributed by atoms with Crippen molar-refractivity contribution in [3.63, 3.8) is 0 Å². The zero-order valence-corrected chi connectivity index (χ0v) is 13.2. The van der Waals surface area contributed by atoms with E-state index in [4.69, 9.17) is 0 Å². The number of carbonyl (C=O) groups excluding carboxylic acids is 1. The molecule has 118 valence electrons. The molecule has 3 rings (SSSR count). The number of carbonyl (C=O) groups is 1. The summed E-state index contributed by atoms with van der Waals surface area (Å²) < 4.78 is 0. The number of fused-ring (bicyclic) bond motifs is 1. The van der Waals surface area contributed by atoms with Gasteiger partial charge in [-0.2, -0.15) is 0 Å². The number of H-pyrrole nitrogens is 1. The van der Waals surface area contributed by atoms with Gasteiger partial charge in [0.2, 0.25) is 5.56 Å². The molecule has 0 spiro atoms. The van der Waals surface area contributed by atoms with Crippen molar-refractivity contribution in [1.82, 2.24) is 9.88 Å². The summed E-state index contributed by atoms with van der Waals surface area (Å²) in [6, 6.07) is 7.20. The van der Waals surface area contributed by atoms with Crippen LogP contribution >= 0.6 is 11.8 Å². The number of non-ortho nitro benzene ring substituents is 1. The van der Waals surface area contributed by atoms with E-state index in [1.807, 2.05) is 6.26 Å². The van der Waals surface area contributed by atoms with Crippen LogP contribution < -0.4 is 5.56 Å². The Hall–Kier alpha value is -2.61. The minimum atomic E-state index is -0.482. The average molecular weight is 331 g/mol. The number of benzene rings is 1. The summed E-state index contributed by atoms with van der Waals surface area (Å²) >= 11 is 1.48. The molecule has 0 aliphatic carbocycles. The van der Waals surface area contributed by atoms with Crippen LogP contribution in [0, 0.1) is 10.1 Å². The number of hydrogen-bond acceptors (Lipinski definition) is 5. The molecular formula is C15H13N3O4S. The fourth-order valence-electron chi connectivity index (χ4n) is 2.75. The summed E-state index contributed by atoms with van der Waals surface area (Å²) in [6.45, 7) is 0. The molecule has 0 saturated heterocycles. The lowest BCUT2D eigenvalue weighted by Crippen LogP contribution is -2.21. The molecule has 2 aromatic rings. The van der Waals surface area contributed by atoms with Gasteiger partial charge in [0.05, 0.1) is 16.2 Å². The summed E-state index contributed by atoms with van der Waals surface area (Å²) in [5.74, 6) is -0.200. The predicted octanol–water partition coefficient (Wildman–Crippen LogP) is 2.40. The van der Waals surface area contributed by atoms with Crippen molar-refractivity contribution in [1.29, 1.82) is 0 Å². The first-order chi connectivity index (χ1) is 10.9. The summed E-state index contributed by atoms with van der Waals surface area (Å²) in [5, 5.41) is 10.6. The number of pyridine rings is 1. The second-order valence-electron chi connectivity index (χ2n) is 5.14. The molecule has 1 N–H and O–H groups in total. The van der Waals surface area contributed by atoms with Crippen molar-refractivity contribution in [2.24, 2.45) is 0 Å². The van der Waals surface area contributed by atoms with Gasteiger partial charge in [0.15, 0.2) is 0 Å². The molecule has 0 bridgehead atoms. The Kier molecular flexibility index (Phi) is 3.69. The lowest BCUT2D eigenvalue weighted by molar-refractivity contribution is -0.384. The van der Waals surface area contributed by atoms with E-state index in [0.717, 1.165) is 5.56 Å². The second-order valence-corrected chi connectivity index (χ2v) is 6.06. The fraction of sp³-hybridized carbons (Fsp3) is 0.200. The summed E-state index contributed by atoms with van der Waals surface area (Å²) in [7, 11) is 1.69. The fourth-order valence-corrected chi connectivity index (χ4v) is 3.64. The molecule has 1 atom stereocenters. The predicted molar refractivity (Wildman–Crippen MR) is 87.5 cm³/mol. The van der Waals surface area contributed by atoms with Crippen molar-refractivity contribution >= 4 is 23.4 Å². The smallest absolute Gasteiger partial charge is 0.269 e. The topological polar surface area (TPSA) is 96.3 Å². The van der Waals surface area contributed by atoms with Crippen LogP contribution in [0.15, 0.2) is 35.1 Å². The van der Waals surface area contributed by atoms with Crippen LogP contribution in [-0.4, -0.2) is 34.0 Å². The molecular weight excluding hydrogens is 318 g/mol. The molecule has 8 heteroatoms. The number of aromatic amines is 1. The van der Waals surface area contributed by atoms with Crippen molar-refractivity contribution in [3.8, 4) is 11.3 Å². The van der Waals surface area contributed by atoms with E-state index in [1.54, 1.807) is 24.1 Å². The lowest BCUT2D eigenvalue weighted by Gasteiger charge is -2.19. The monoisotopic (exact) mass is 331 g/mol. The van der Waals surface area contributed by atoms with Crippen LogP contribution in [-0.2, 0) is 0 Å². The first-order valence-corrected chi connectivity index (χ1v) is 8.05. The molecule has 7 nitrogen and oxygen atoms in total. The highest BCUT2D eigenvalue weighted by molar-refractivity contribution is 7.98. The Bertz CT molecular complexity index is 860. The molecule has 1 aromatic carbocycles. The normalized spacial score (nSPS) is 16.5. The highest BCUT2D eigenvalue weighted by Gasteiger charge is 2.36. The zero-order chi connectivity index (χ0) is 16.7. The number of nitrogens with one attached hydrogen (secondary N) is 1. The van der Waals surface area contributed by atoms with Crippen LogP contribution in [0.2, 0.25) is 0 Å². The largest absolute Gasteiger partial charge is 0.325 e. The lowest BCUT2D eigenvalue weighted by atomic mass is 10.0. The third-order valence-corrected chi connectivity index (χ3v) is 4.82. The molecule has 1 aliphatic heterocycles. The molecule has 1 unspecified atom stereocenters. The highest BCUT2D eigenvalue weighted by atomic mass is 32.2. The number of aromatic nitrogens is 1. The van der Waals surface area contributed by atoms with Crippen molar-refractivity contribution < 1.29 is 9.72 Å². The van der Waals surface area contributed by atoms with Gasteiger partial charge in [0, 0.05) is 30.8 Å². The van der Waals surface area contributed by atoms with Gasteiger partial charge in [-0.15, -0.1) is 11.8 Å². The third kappa shape index (κ3) is 2.40. The number of amides is 1. The van der Waals surface area contributed by atoms with E-state index in [-0.39, 0.29) is 22.5 Å². The molecule has 2 heterocycles. The van der Waals surface area contributed by atoms with Gasteiger partial charge in [-0.1, -0.05) is 0 Å². The van der Waals surface area contributed by atoms with E-state index in [1.165, 1.54) is 30.0 Å². The van der Waals surface area contributed by atoms with Crippen LogP contribution in [0.25, 0.3) is 11.3 Å². The number of rotatable bonds is 3. The van der Waals surface area contributed by atoms with Crippen LogP contribution in [0.4, 0.5) is 5.69 Å². The highest BCUT2D eigenvalue weighted by Crippen LogP contribution is 2.42. The van der Waals surface area contributed by atoms with E-state index in [2.05, 4.69) is 4.98 Å². The third-order valence-electron chi connectivity index (χ3n) is 3.82. The summed E-state index contributed by atoms with van der Waals surface area (Å²) in [4.78, 5) is 38.8. The number of hydrogen-bond donors (Lipinski definition) is 1. The van der Waals surface area contributed by atoms with E-state index < -0.39 is 4.92 Å². The molecule has 0 saturated carbocycles. The quantitative estimate of drug-likeness (QED) is 0.688. The van der Waals surface area contributed by atoms with Gasteiger partial charge in [-0.3, -0.25) is 19.7 Å². The Morgan fingerprint density at radius 1 is 1.26 bits per heavy atom. The minimum Gasteiger partial charge on any atom is -0.325 e. The molecule has 1 amide bonds. The maximum absolute atomic E-state index is 12.3. The minimum absolute atomic E-state index is 0.0294. The Morgan fingerprint density at radius 2 is 1.91 bits per heavy atom. The summed E-state index contributed by atoms with van der Waals surface area (Å²) in [6.07, 6.45) is 1.88. The van der Waals surface area contributed by atoms with E-state index in [0.29, 0.717) is 16.8 Å². The van der Waals surface area contributed by atoms with E-state index in [9.17, 15) is 19.7 Å². The maximum atomic E-state index is 12.3. The standard InChI is InChI=1S/C15H13N3O4S/c1-17-14(20)10-7-11(19)16-13(12(10)15(17)23-2)8-3-5-9(6-4-8)18(21)22/h3-7,15H,1-2H3,(H,16,19). The Labute approximate surface area is 135 Å². The van der Waals surface area contributed by atoms with Gasteiger partial charge in [-0.05, 0) is 24.0 Å². The molecule has 0 fully saturated rings. The molecule has 23 heavy (non-hydrogen) atoms. The Balaban J connectivity index is 2.21. The SMILES string of the molecule is CSC1c2c(cc(=O)[nH]c2-c2ccc([N+](=O)[O-])cc2)C(=O)N1C. The number of thioether (sulfide) groups is 1. The first kappa shape index (κ1) is 15.3. The van der Waals surface area contributed by atoms with Crippen LogP contribution in [0.5, 0.6) is 0 Å². The van der Waals surface area contributed by atoms with Crippen molar-refractivity contribution in [2.75, 3.05) is 13.3 Å². The zero-order valence-electron chi connectivity index (χ0n) is 12.4. The molecule has 1 aliphatic rings. The van der Waals surface area contributed by atoms with Crippen molar-refractivity contribution in [2.45, 2.75) is 5.37 Å². The number of nitro benzene ring substituents is 1. The van der Waals surface area contributed by atoms with Crippen LogP contribution in [0.1, 0.15) is 21.3 Å². The number of nitrogens with zero attached hydrogens (tertiary/aromatic N) is 2. The number of nitro groups is 1. The second kappa shape index (κ2) is 5.54. The van der Waals surface area contributed by atoms with Gasteiger partial charge >= 0.3 is 0 Å². The van der Waals surface area contributed by atoms with Crippen molar-refractivity contribution in [3.05, 3.63) is 61.9 Å². The maximum Gasteiger partial charge on any atom is 0.269 e. The average Bonchev–Trinajstić information content (AvgIpc) is 2.78. The van der Waals surface area contributed by atoms with E-state index >= 15 is 0 Å². The van der Waals surface area contributed by atoms with Gasteiger partial charge in [0.25, 0.3) is 11.6 Å². The van der Waals surface area contributed by atoms with Gasteiger partial charge in [-0.25, -0.2) is 0 Å². The Morgan fingerprint density at radius 3 is 2.48 bits per heavy atom. The van der Waals surface area contributed by atoms with Crippen LogP contribution in [0.3, 0.4) is 0 Å². The molecule has 0 radical (unpaired) electrons. The summed E-state index contributed by atoms with van der Waals surface area (Å²) in [5.41, 5.74) is 1.87.